The van der Waals surface area contributed by atoms with Crippen LogP contribution in [0.3, 0.4) is 0 Å². The Balaban J connectivity index is 2.70. The minimum atomic E-state index is -3.52. The van der Waals surface area contributed by atoms with Gasteiger partial charge in [0.2, 0.25) is 10.0 Å². The monoisotopic (exact) mass is 315 g/mol. The van der Waals surface area contributed by atoms with E-state index in [0.717, 1.165) is 12.8 Å². The van der Waals surface area contributed by atoms with Gasteiger partial charge in [0.1, 0.15) is 5.75 Å². The summed E-state index contributed by atoms with van der Waals surface area (Å²) in [7, 11) is -1.97. The van der Waals surface area contributed by atoms with Gasteiger partial charge in [-0.3, -0.25) is 0 Å². The van der Waals surface area contributed by atoms with Crippen LogP contribution in [0.2, 0.25) is 0 Å². The highest BCUT2D eigenvalue weighted by atomic mass is 32.2. The third-order valence-electron chi connectivity index (χ3n) is 3.08. The molecule has 0 aromatic heterocycles. The molecule has 0 heterocycles. The molecule has 1 rings (SSSR count). The molecule has 1 atom stereocenters. The molecule has 5 nitrogen and oxygen atoms in total. The SMILES string of the molecule is CCCCOc1ccc(S(=O)(=O)NC(CC)COC)cc1. The van der Waals surface area contributed by atoms with Gasteiger partial charge in [0.05, 0.1) is 18.1 Å². The van der Waals surface area contributed by atoms with Gasteiger partial charge in [-0.1, -0.05) is 20.3 Å². The lowest BCUT2D eigenvalue weighted by Crippen LogP contribution is -2.37. The Morgan fingerprint density at radius 2 is 1.86 bits per heavy atom. The van der Waals surface area contributed by atoms with Crippen molar-refractivity contribution in [1.29, 1.82) is 0 Å². The second-order valence-corrected chi connectivity index (χ2v) is 6.57. The average Bonchev–Trinajstić information content (AvgIpc) is 2.47. The molecule has 0 saturated heterocycles. The summed E-state index contributed by atoms with van der Waals surface area (Å²) in [5.41, 5.74) is 0. The van der Waals surface area contributed by atoms with Crippen molar-refractivity contribution in [3.63, 3.8) is 0 Å². The fourth-order valence-electron chi connectivity index (χ4n) is 1.77. The number of benzene rings is 1. The second-order valence-electron chi connectivity index (χ2n) is 4.86. The lowest BCUT2D eigenvalue weighted by molar-refractivity contribution is 0.173. The molecule has 0 saturated carbocycles. The van der Waals surface area contributed by atoms with Gasteiger partial charge >= 0.3 is 0 Å². The highest BCUT2D eigenvalue weighted by molar-refractivity contribution is 7.89. The van der Waals surface area contributed by atoms with Crippen molar-refractivity contribution in [3.05, 3.63) is 24.3 Å². The first-order valence-corrected chi connectivity index (χ1v) is 8.76. The smallest absolute Gasteiger partial charge is 0.240 e. The first-order valence-electron chi connectivity index (χ1n) is 7.27. The average molecular weight is 315 g/mol. The van der Waals surface area contributed by atoms with Gasteiger partial charge in [-0.25, -0.2) is 13.1 Å². The first kappa shape index (κ1) is 17.9. The first-order chi connectivity index (χ1) is 10.0. The molecule has 0 aliphatic heterocycles. The van der Waals surface area contributed by atoms with E-state index >= 15 is 0 Å². The van der Waals surface area contributed by atoms with E-state index in [-0.39, 0.29) is 10.9 Å². The van der Waals surface area contributed by atoms with E-state index in [9.17, 15) is 8.42 Å². The van der Waals surface area contributed by atoms with Crippen LogP contribution in [-0.2, 0) is 14.8 Å². The Morgan fingerprint density at radius 1 is 1.19 bits per heavy atom. The maximum Gasteiger partial charge on any atom is 0.240 e. The van der Waals surface area contributed by atoms with Crippen LogP contribution in [0, 0.1) is 0 Å². The summed E-state index contributed by atoms with van der Waals surface area (Å²) in [5.74, 6) is 0.686. The van der Waals surface area contributed by atoms with E-state index < -0.39 is 10.0 Å². The number of unbranched alkanes of at least 4 members (excludes halogenated alkanes) is 1. The predicted octanol–water partition coefficient (Wildman–Crippen LogP) is 2.57. The predicted molar refractivity (Wildman–Crippen MR) is 83.1 cm³/mol. The molecule has 0 bridgehead atoms. The zero-order chi connectivity index (χ0) is 15.7. The van der Waals surface area contributed by atoms with Crippen molar-refractivity contribution in [2.24, 2.45) is 0 Å². The van der Waals surface area contributed by atoms with Crippen molar-refractivity contribution in [2.75, 3.05) is 20.3 Å². The summed E-state index contributed by atoms with van der Waals surface area (Å²) in [6.07, 6.45) is 2.72. The standard InChI is InChI=1S/C15H25NO4S/c1-4-6-11-20-14-7-9-15(10-8-14)21(17,18)16-13(5-2)12-19-3/h7-10,13,16H,4-6,11-12H2,1-3H3. The van der Waals surface area contributed by atoms with Crippen molar-refractivity contribution < 1.29 is 17.9 Å². The van der Waals surface area contributed by atoms with Crippen molar-refractivity contribution in [2.45, 2.75) is 44.0 Å². The molecule has 1 aromatic rings. The number of nitrogens with one attached hydrogen (secondary N) is 1. The Hall–Kier alpha value is -1.11. The highest BCUT2D eigenvalue weighted by Crippen LogP contribution is 2.16. The van der Waals surface area contributed by atoms with Crippen LogP contribution in [0.5, 0.6) is 5.75 Å². The number of ether oxygens (including phenoxy) is 2. The fourth-order valence-corrected chi connectivity index (χ4v) is 3.08. The van der Waals surface area contributed by atoms with Crippen molar-refractivity contribution >= 4 is 10.0 Å². The van der Waals surface area contributed by atoms with Gasteiger partial charge in [-0.05, 0) is 37.1 Å². The molecule has 21 heavy (non-hydrogen) atoms. The maximum absolute atomic E-state index is 12.2. The molecular weight excluding hydrogens is 290 g/mol. The third-order valence-corrected chi connectivity index (χ3v) is 4.62. The maximum atomic E-state index is 12.2. The second kappa shape index (κ2) is 9.02. The Morgan fingerprint density at radius 3 is 2.38 bits per heavy atom. The Bertz CT molecular complexity index is 499. The minimum absolute atomic E-state index is 0.222. The summed E-state index contributed by atoms with van der Waals surface area (Å²) in [6.45, 7) is 5.01. The van der Waals surface area contributed by atoms with E-state index in [1.165, 1.54) is 0 Å². The van der Waals surface area contributed by atoms with Gasteiger partial charge < -0.3 is 9.47 Å². The summed E-state index contributed by atoms with van der Waals surface area (Å²) in [4.78, 5) is 0.236. The van der Waals surface area contributed by atoms with Gasteiger partial charge in [-0.2, -0.15) is 0 Å². The number of hydrogen-bond acceptors (Lipinski definition) is 4. The van der Waals surface area contributed by atoms with E-state index in [0.29, 0.717) is 25.4 Å². The lowest BCUT2D eigenvalue weighted by Gasteiger charge is -2.16. The summed E-state index contributed by atoms with van der Waals surface area (Å²) in [5, 5.41) is 0. The molecule has 0 fully saturated rings. The van der Waals surface area contributed by atoms with Crippen molar-refractivity contribution in [3.8, 4) is 5.75 Å². The van der Waals surface area contributed by atoms with Crippen LogP contribution in [0.4, 0.5) is 0 Å². The van der Waals surface area contributed by atoms with Crippen LogP contribution in [-0.4, -0.2) is 34.8 Å². The zero-order valence-corrected chi connectivity index (χ0v) is 13.8. The normalized spacial score (nSPS) is 13.1. The molecule has 1 aromatic carbocycles. The molecule has 0 spiro atoms. The van der Waals surface area contributed by atoms with Gasteiger partial charge in [-0.15, -0.1) is 0 Å². The fraction of sp³-hybridized carbons (Fsp3) is 0.600. The van der Waals surface area contributed by atoms with Crippen LogP contribution < -0.4 is 9.46 Å². The van der Waals surface area contributed by atoms with Crippen molar-refractivity contribution in [1.82, 2.24) is 4.72 Å². The number of methoxy groups -OCH3 is 1. The lowest BCUT2D eigenvalue weighted by atomic mass is 10.3. The number of sulfonamides is 1. The van der Waals surface area contributed by atoms with E-state index in [1.807, 2.05) is 6.92 Å². The molecule has 0 aliphatic rings. The van der Waals surface area contributed by atoms with E-state index in [1.54, 1.807) is 31.4 Å². The zero-order valence-electron chi connectivity index (χ0n) is 13.0. The summed E-state index contributed by atoms with van der Waals surface area (Å²) < 4.78 is 37.6. The molecular formula is C15H25NO4S. The molecule has 0 amide bonds. The van der Waals surface area contributed by atoms with Crippen LogP contribution in [0.1, 0.15) is 33.1 Å². The van der Waals surface area contributed by atoms with Crippen LogP contribution in [0.15, 0.2) is 29.2 Å². The highest BCUT2D eigenvalue weighted by Gasteiger charge is 2.18. The molecule has 1 unspecified atom stereocenters. The molecule has 0 radical (unpaired) electrons. The topological polar surface area (TPSA) is 64.6 Å². The van der Waals surface area contributed by atoms with Gasteiger partial charge in [0, 0.05) is 13.2 Å². The summed E-state index contributed by atoms with van der Waals surface area (Å²) >= 11 is 0. The largest absolute Gasteiger partial charge is 0.494 e. The van der Waals surface area contributed by atoms with E-state index in [2.05, 4.69) is 11.6 Å². The summed E-state index contributed by atoms with van der Waals surface area (Å²) in [6, 6.07) is 6.26. The molecule has 120 valence electrons. The van der Waals surface area contributed by atoms with Gasteiger partial charge in [0.15, 0.2) is 0 Å². The quantitative estimate of drug-likeness (QED) is 0.674. The number of rotatable bonds is 10. The Labute approximate surface area is 127 Å². The number of hydrogen-bond donors (Lipinski definition) is 1. The molecule has 0 aliphatic carbocycles. The molecule has 6 heteroatoms. The van der Waals surface area contributed by atoms with Crippen LogP contribution in [0.25, 0.3) is 0 Å². The van der Waals surface area contributed by atoms with E-state index in [4.69, 9.17) is 9.47 Å². The van der Waals surface area contributed by atoms with Crippen LogP contribution >= 0.6 is 0 Å². The third kappa shape index (κ3) is 6.03. The Kier molecular flexibility index (Phi) is 7.71. The minimum Gasteiger partial charge on any atom is -0.494 e. The van der Waals surface area contributed by atoms with Gasteiger partial charge in [0.25, 0.3) is 0 Å². The molecule has 1 N–H and O–H groups in total.